The molecule has 2 heterocycles. The van der Waals surface area contributed by atoms with Crippen LogP contribution in [-0.2, 0) is 14.2 Å². The Morgan fingerprint density at radius 3 is 2.66 bits per heavy atom. The van der Waals surface area contributed by atoms with E-state index in [9.17, 15) is 34.2 Å². The molecule has 0 unspecified atom stereocenters. The van der Waals surface area contributed by atoms with E-state index in [-0.39, 0.29) is 23.6 Å². The molecule has 5 rings (SSSR count). The SMILES string of the molecule is CCC1=C2[C@@H](CC/C(=C/c3ccc(O)c(F)c3)CC)OB(O)C[C@@H]2[C@@H]2C(=O)N(c3cccc([N+](=O)[O-])c3)C(=O)[C@@H]2C1. The summed E-state index contributed by atoms with van der Waals surface area (Å²) < 4.78 is 19.9. The number of phenols is 1. The van der Waals surface area contributed by atoms with Gasteiger partial charge in [-0.2, -0.15) is 0 Å². The number of carbonyl (C=O) groups is 2. The van der Waals surface area contributed by atoms with Crippen LogP contribution in [0.15, 0.2) is 59.2 Å². The van der Waals surface area contributed by atoms with Crippen LogP contribution in [0.5, 0.6) is 5.75 Å². The Morgan fingerprint density at radius 2 is 1.98 bits per heavy atom. The van der Waals surface area contributed by atoms with Gasteiger partial charge in [-0.05, 0) is 73.7 Å². The number of phenolic OH excluding ortho intramolecular Hbond substituents is 1. The molecular formula is C30H32BFN2O7. The number of hydrogen-bond acceptors (Lipinski definition) is 7. The van der Waals surface area contributed by atoms with E-state index in [0.29, 0.717) is 37.7 Å². The second-order valence-electron chi connectivity index (χ2n) is 10.9. The van der Waals surface area contributed by atoms with Crippen molar-refractivity contribution in [1.82, 2.24) is 0 Å². The van der Waals surface area contributed by atoms with Gasteiger partial charge in [0.25, 0.3) is 5.69 Å². The molecule has 1 aliphatic carbocycles. The molecule has 0 bridgehead atoms. The fraction of sp³-hybridized carbons (Fsp3) is 0.400. The number of non-ortho nitro benzene ring substituents is 1. The second kappa shape index (κ2) is 11.6. The van der Waals surface area contributed by atoms with Crippen molar-refractivity contribution >= 4 is 36.4 Å². The standard InChI is InChI=1S/C30H32BFN2O7/c1-3-17(12-18-8-10-25(35)24(32)13-18)9-11-26-27-19(4-2)14-22-28(23(27)16-31(38)41-26)30(37)33(29(22)36)20-6-5-7-21(15-20)34(39)40/h5-8,10,12-13,15,22-23,26,28,35,38H,3-4,9,11,14,16H2,1-2H3/b17-12+/t22-,23+,26-,28-/m1/s1. The van der Waals surface area contributed by atoms with Gasteiger partial charge >= 0.3 is 7.12 Å². The monoisotopic (exact) mass is 562 g/mol. The molecule has 11 heteroatoms. The minimum atomic E-state index is -1.11. The molecule has 4 atom stereocenters. The molecule has 0 saturated carbocycles. The lowest BCUT2D eigenvalue weighted by molar-refractivity contribution is -0.384. The molecule has 2 saturated heterocycles. The summed E-state index contributed by atoms with van der Waals surface area (Å²) in [5, 5.41) is 31.5. The van der Waals surface area contributed by atoms with E-state index in [1.54, 1.807) is 6.07 Å². The van der Waals surface area contributed by atoms with Crippen molar-refractivity contribution in [2.45, 2.75) is 58.4 Å². The Bertz CT molecular complexity index is 1460. The molecule has 2 aromatic carbocycles. The molecule has 2 aliphatic heterocycles. The molecule has 0 radical (unpaired) electrons. The molecule has 2 N–H and O–H groups in total. The van der Waals surface area contributed by atoms with Gasteiger partial charge in [-0.3, -0.25) is 19.7 Å². The maximum atomic E-state index is 13.9. The van der Waals surface area contributed by atoms with Gasteiger partial charge in [0.15, 0.2) is 11.6 Å². The molecule has 9 nitrogen and oxygen atoms in total. The fourth-order valence-corrected chi connectivity index (χ4v) is 6.62. The lowest BCUT2D eigenvalue weighted by Gasteiger charge is -2.43. The van der Waals surface area contributed by atoms with Crippen LogP contribution in [0, 0.1) is 33.7 Å². The summed E-state index contributed by atoms with van der Waals surface area (Å²) in [7, 11) is -1.11. The van der Waals surface area contributed by atoms with Crippen LogP contribution in [0.1, 0.15) is 51.5 Å². The third-order valence-electron chi connectivity index (χ3n) is 8.56. The Labute approximate surface area is 237 Å². The average Bonchev–Trinajstić information content (AvgIpc) is 3.21. The summed E-state index contributed by atoms with van der Waals surface area (Å²) in [5.74, 6) is -3.57. The quantitative estimate of drug-likeness (QED) is 0.144. The summed E-state index contributed by atoms with van der Waals surface area (Å²) in [4.78, 5) is 39.2. The van der Waals surface area contributed by atoms with Crippen LogP contribution in [0.25, 0.3) is 6.08 Å². The maximum absolute atomic E-state index is 13.9. The predicted molar refractivity (Wildman–Crippen MR) is 151 cm³/mol. The number of halogens is 1. The topological polar surface area (TPSA) is 130 Å². The minimum Gasteiger partial charge on any atom is -0.505 e. The van der Waals surface area contributed by atoms with E-state index in [1.165, 1.54) is 36.4 Å². The highest BCUT2D eigenvalue weighted by Gasteiger charge is 2.57. The van der Waals surface area contributed by atoms with Crippen molar-refractivity contribution in [2.24, 2.45) is 17.8 Å². The number of nitro groups is 1. The molecule has 0 spiro atoms. The van der Waals surface area contributed by atoms with Gasteiger partial charge in [0, 0.05) is 12.1 Å². The number of nitrogens with zero attached hydrogens (tertiary/aromatic N) is 2. The van der Waals surface area contributed by atoms with Crippen molar-refractivity contribution < 1.29 is 33.7 Å². The molecule has 0 aromatic heterocycles. The molecule has 3 aliphatic rings. The van der Waals surface area contributed by atoms with Crippen molar-refractivity contribution in [3.05, 3.63) is 80.7 Å². The first-order chi connectivity index (χ1) is 19.6. The molecule has 41 heavy (non-hydrogen) atoms. The number of allylic oxidation sites excluding steroid dienone is 2. The van der Waals surface area contributed by atoms with E-state index in [4.69, 9.17) is 4.65 Å². The molecule has 2 aromatic rings. The zero-order valence-electron chi connectivity index (χ0n) is 23.0. The largest absolute Gasteiger partial charge is 0.505 e. The number of benzene rings is 2. The van der Waals surface area contributed by atoms with Gasteiger partial charge in [0.1, 0.15) is 0 Å². The van der Waals surface area contributed by atoms with Gasteiger partial charge in [0.05, 0.1) is 28.6 Å². The predicted octanol–water partition coefficient (Wildman–Crippen LogP) is 5.42. The molecule has 214 valence electrons. The highest BCUT2D eigenvalue weighted by atomic mass is 19.1. The Morgan fingerprint density at radius 1 is 1.20 bits per heavy atom. The van der Waals surface area contributed by atoms with Gasteiger partial charge in [0.2, 0.25) is 11.8 Å². The number of carbonyl (C=O) groups excluding carboxylic acids is 2. The number of amides is 2. The summed E-state index contributed by atoms with van der Waals surface area (Å²) in [6.07, 6.45) is 4.49. The third kappa shape index (κ3) is 5.43. The van der Waals surface area contributed by atoms with E-state index >= 15 is 0 Å². The zero-order valence-corrected chi connectivity index (χ0v) is 23.0. The number of imide groups is 1. The number of hydrogen-bond donors (Lipinski definition) is 2. The number of rotatable bonds is 8. The van der Waals surface area contributed by atoms with E-state index in [2.05, 4.69) is 0 Å². The third-order valence-corrected chi connectivity index (χ3v) is 8.56. The zero-order chi connectivity index (χ0) is 29.4. The van der Waals surface area contributed by atoms with E-state index in [0.717, 1.165) is 21.6 Å². The van der Waals surface area contributed by atoms with Gasteiger partial charge in [-0.15, -0.1) is 0 Å². The van der Waals surface area contributed by atoms with E-state index < -0.39 is 53.4 Å². The fourth-order valence-electron chi connectivity index (χ4n) is 6.62. The first-order valence-corrected chi connectivity index (χ1v) is 14.0. The van der Waals surface area contributed by atoms with Crippen LogP contribution in [0.3, 0.4) is 0 Å². The Hall–Kier alpha value is -3.83. The number of fused-ring (bicyclic) bond motifs is 3. The summed E-state index contributed by atoms with van der Waals surface area (Å²) >= 11 is 0. The van der Waals surface area contributed by atoms with Crippen molar-refractivity contribution in [3.8, 4) is 5.75 Å². The van der Waals surface area contributed by atoms with Crippen LogP contribution < -0.4 is 4.90 Å². The maximum Gasteiger partial charge on any atom is 0.455 e. The number of nitro benzene ring substituents is 1. The Balaban J connectivity index is 1.42. The highest BCUT2D eigenvalue weighted by molar-refractivity contribution is 6.43. The summed E-state index contributed by atoms with van der Waals surface area (Å²) in [6, 6.07) is 9.76. The normalized spacial score (nSPS) is 24.5. The van der Waals surface area contributed by atoms with Gasteiger partial charge < -0.3 is 14.8 Å². The first kappa shape index (κ1) is 28.7. The first-order valence-electron chi connectivity index (χ1n) is 14.0. The summed E-state index contributed by atoms with van der Waals surface area (Å²) in [6.45, 7) is 3.99. The van der Waals surface area contributed by atoms with Crippen LogP contribution in [-0.4, -0.2) is 40.1 Å². The van der Waals surface area contributed by atoms with Gasteiger partial charge in [-0.25, -0.2) is 9.29 Å². The van der Waals surface area contributed by atoms with Gasteiger partial charge in [-0.1, -0.05) is 43.2 Å². The Kier molecular flexibility index (Phi) is 8.10. The molecule has 2 amide bonds. The lowest BCUT2D eigenvalue weighted by atomic mass is 9.58. The molecule has 2 fully saturated rings. The van der Waals surface area contributed by atoms with Crippen LogP contribution in [0.2, 0.25) is 6.32 Å². The average molecular weight is 562 g/mol. The lowest BCUT2D eigenvalue weighted by Crippen LogP contribution is -2.46. The molecular weight excluding hydrogens is 530 g/mol. The minimum absolute atomic E-state index is 0.177. The van der Waals surface area contributed by atoms with Crippen molar-refractivity contribution in [3.63, 3.8) is 0 Å². The highest BCUT2D eigenvalue weighted by Crippen LogP contribution is 2.52. The second-order valence-corrected chi connectivity index (χ2v) is 10.9. The van der Waals surface area contributed by atoms with Crippen molar-refractivity contribution in [1.29, 1.82) is 0 Å². The summed E-state index contributed by atoms with van der Waals surface area (Å²) in [5.41, 5.74) is 3.64. The smallest absolute Gasteiger partial charge is 0.455 e. The van der Waals surface area contributed by atoms with Crippen molar-refractivity contribution in [2.75, 3.05) is 4.90 Å². The van der Waals surface area contributed by atoms with Crippen LogP contribution in [0.4, 0.5) is 15.8 Å². The van der Waals surface area contributed by atoms with E-state index in [1.807, 2.05) is 19.9 Å². The number of anilines is 1. The number of aromatic hydroxyl groups is 1. The van der Waals surface area contributed by atoms with Crippen LogP contribution >= 0.6 is 0 Å².